The van der Waals surface area contributed by atoms with Gasteiger partial charge in [0.2, 0.25) is 5.91 Å². The summed E-state index contributed by atoms with van der Waals surface area (Å²) in [5, 5.41) is 11.3. The Balaban J connectivity index is 1.53. The van der Waals surface area contributed by atoms with Crippen molar-refractivity contribution in [2.75, 3.05) is 13.1 Å². The lowest BCUT2D eigenvalue weighted by molar-refractivity contribution is -0.140. The molecule has 128 valence electrons. The minimum atomic E-state index is -0.274. The molecule has 5 heteroatoms. The van der Waals surface area contributed by atoms with Crippen LogP contribution in [0.3, 0.4) is 0 Å². The molecule has 1 saturated heterocycles. The lowest BCUT2D eigenvalue weighted by Gasteiger charge is -2.35. The molecule has 1 saturated carbocycles. The zero-order valence-electron chi connectivity index (χ0n) is 14.7. The summed E-state index contributed by atoms with van der Waals surface area (Å²) in [5.41, 5.74) is -0.274. The number of carbonyl (C=O) groups is 1. The van der Waals surface area contributed by atoms with Crippen LogP contribution in [0.5, 0.6) is 0 Å². The van der Waals surface area contributed by atoms with Crippen molar-refractivity contribution >= 4 is 17.2 Å². The van der Waals surface area contributed by atoms with Gasteiger partial charge in [0.15, 0.2) is 0 Å². The lowest BCUT2D eigenvalue weighted by atomic mass is 9.91. The summed E-state index contributed by atoms with van der Waals surface area (Å²) >= 11 is 1.82. The van der Waals surface area contributed by atoms with Crippen molar-refractivity contribution in [3.8, 4) is 0 Å². The van der Waals surface area contributed by atoms with Crippen molar-refractivity contribution in [2.45, 2.75) is 71.6 Å². The molecule has 2 aliphatic rings. The monoisotopic (exact) mass is 335 g/mol. The second-order valence-electron chi connectivity index (χ2n) is 8.21. The molecule has 1 aromatic rings. The Morgan fingerprint density at radius 2 is 1.78 bits per heavy atom. The quantitative estimate of drug-likeness (QED) is 0.838. The number of aromatic nitrogens is 2. The van der Waals surface area contributed by atoms with E-state index in [-0.39, 0.29) is 11.3 Å². The van der Waals surface area contributed by atoms with Crippen LogP contribution in [0, 0.1) is 11.3 Å². The van der Waals surface area contributed by atoms with E-state index < -0.39 is 0 Å². The smallest absolute Gasteiger partial charge is 0.227 e. The van der Waals surface area contributed by atoms with Crippen LogP contribution in [0.4, 0.5) is 0 Å². The third kappa shape index (κ3) is 4.11. The van der Waals surface area contributed by atoms with Gasteiger partial charge in [0.25, 0.3) is 0 Å². The molecular formula is C18H29N3OS. The summed E-state index contributed by atoms with van der Waals surface area (Å²) < 4.78 is 0. The number of likely N-dealkylation sites (tertiary alicyclic amines) is 1. The molecule has 1 aromatic heterocycles. The number of piperidine rings is 1. The lowest BCUT2D eigenvalue weighted by Crippen LogP contribution is -2.43. The Labute approximate surface area is 143 Å². The van der Waals surface area contributed by atoms with Gasteiger partial charge in [-0.1, -0.05) is 46.5 Å². The van der Waals surface area contributed by atoms with Gasteiger partial charge in [0, 0.05) is 30.8 Å². The van der Waals surface area contributed by atoms with E-state index in [1.807, 2.05) is 37.0 Å². The summed E-state index contributed by atoms with van der Waals surface area (Å²) in [6.07, 6.45) is 8.68. The molecule has 23 heavy (non-hydrogen) atoms. The Morgan fingerprint density at radius 3 is 2.39 bits per heavy atom. The van der Waals surface area contributed by atoms with Gasteiger partial charge in [-0.25, -0.2) is 0 Å². The third-order valence-corrected chi connectivity index (χ3v) is 6.30. The fraction of sp³-hybridized carbons (Fsp3) is 0.833. The van der Waals surface area contributed by atoms with E-state index in [9.17, 15) is 4.79 Å². The number of amides is 1. The molecule has 0 unspecified atom stereocenters. The maximum atomic E-state index is 12.4. The average Bonchev–Trinajstić information content (AvgIpc) is 3.18. The first-order chi connectivity index (χ1) is 10.9. The summed E-state index contributed by atoms with van der Waals surface area (Å²) in [5.74, 6) is 1.60. The first-order valence-electron chi connectivity index (χ1n) is 9.05. The number of hydrogen-bond donors (Lipinski definition) is 0. The average molecular weight is 336 g/mol. The van der Waals surface area contributed by atoms with Crippen LogP contribution < -0.4 is 0 Å². The molecule has 2 heterocycles. The van der Waals surface area contributed by atoms with Gasteiger partial charge in [-0.2, -0.15) is 0 Å². The van der Waals surface area contributed by atoms with Crippen molar-refractivity contribution in [3.05, 3.63) is 10.0 Å². The van der Waals surface area contributed by atoms with Crippen LogP contribution in [0.2, 0.25) is 0 Å². The van der Waals surface area contributed by atoms with Crippen LogP contribution in [0.25, 0.3) is 0 Å². The number of carbonyl (C=O) groups excluding carboxylic acids is 1. The standard InChI is InChI=1S/C18H29N3OS/c1-18(2,3)17(22)21-10-8-14(9-11-21)16-20-19-15(23-16)12-13-6-4-5-7-13/h13-14H,4-12H2,1-3H3. The van der Waals surface area contributed by atoms with Crippen LogP contribution in [-0.2, 0) is 11.2 Å². The third-order valence-electron chi connectivity index (χ3n) is 5.19. The van der Waals surface area contributed by atoms with E-state index in [0.29, 0.717) is 5.92 Å². The van der Waals surface area contributed by atoms with Gasteiger partial charge < -0.3 is 4.90 Å². The molecule has 0 atom stereocenters. The fourth-order valence-corrected chi connectivity index (χ4v) is 4.91. The van der Waals surface area contributed by atoms with Crippen molar-refractivity contribution in [1.29, 1.82) is 0 Å². The van der Waals surface area contributed by atoms with Crippen molar-refractivity contribution in [3.63, 3.8) is 0 Å². The Kier molecular flexibility index (Phi) is 5.04. The first kappa shape index (κ1) is 16.9. The van der Waals surface area contributed by atoms with E-state index in [1.54, 1.807) is 0 Å². The summed E-state index contributed by atoms with van der Waals surface area (Å²) in [7, 11) is 0. The normalized spacial score (nSPS) is 21.1. The van der Waals surface area contributed by atoms with E-state index in [1.165, 1.54) is 35.7 Å². The molecule has 0 bridgehead atoms. The molecule has 0 aromatic carbocycles. The minimum absolute atomic E-state index is 0.273. The van der Waals surface area contributed by atoms with E-state index in [2.05, 4.69) is 10.2 Å². The van der Waals surface area contributed by atoms with E-state index in [0.717, 1.165) is 38.3 Å². The molecule has 2 fully saturated rings. The second-order valence-corrected chi connectivity index (χ2v) is 9.30. The topological polar surface area (TPSA) is 46.1 Å². The Bertz CT molecular complexity index is 535. The fourth-order valence-electron chi connectivity index (χ4n) is 3.78. The second kappa shape index (κ2) is 6.88. The predicted octanol–water partition coefficient (Wildman–Crippen LogP) is 4.02. The van der Waals surface area contributed by atoms with Crippen LogP contribution >= 0.6 is 11.3 Å². The SMILES string of the molecule is CC(C)(C)C(=O)N1CCC(c2nnc(CC3CCCC3)s2)CC1. The zero-order valence-corrected chi connectivity index (χ0v) is 15.5. The molecule has 1 aliphatic carbocycles. The minimum Gasteiger partial charge on any atom is -0.342 e. The van der Waals surface area contributed by atoms with Gasteiger partial charge in [-0.15, -0.1) is 21.5 Å². The first-order valence-corrected chi connectivity index (χ1v) is 9.87. The van der Waals surface area contributed by atoms with Gasteiger partial charge in [0.05, 0.1) is 0 Å². The van der Waals surface area contributed by atoms with Crippen molar-refractivity contribution in [1.82, 2.24) is 15.1 Å². The molecule has 1 aliphatic heterocycles. The summed E-state index contributed by atoms with van der Waals surface area (Å²) in [4.78, 5) is 14.4. The largest absolute Gasteiger partial charge is 0.342 e. The van der Waals surface area contributed by atoms with E-state index >= 15 is 0 Å². The number of rotatable bonds is 3. The molecule has 1 amide bonds. The highest BCUT2D eigenvalue weighted by Gasteiger charge is 2.31. The highest BCUT2D eigenvalue weighted by molar-refractivity contribution is 7.11. The summed E-state index contributed by atoms with van der Waals surface area (Å²) in [6.45, 7) is 7.72. The van der Waals surface area contributed by atoms with Gasteiger partial charge >= 0.3 is 0 Å². The predicted molar refractivity (Wildman–Crippen MR) is 93.6 cm³/mol. The van der Waals surface area contributed by atoms with Crippen LogP contribution in [0.15, 0.2) is 0 Å². The number of hydrogen-bond acceptors (Lipinski definition) is 4. The van der Waals surface area contributed by atoms with Gasteiger partial charge in [-0.3, -0.25) is 4.79 Å². The van der Waals surface area contributed by atoms with Crippen LogP contribution in [0.1, 0.15) is 75.2 Å². The molecule has 0 radical (unpaired) electrons. The maximum Gasteiger partial charge on any atom is 0.227 e. The van der Waals surface area contributed by atoms with Gasteiger partial charge in [-0.05, 0) is 18.8 Å². The Hall–Kier alpha value is -0.970. The number of nitrogens with zero attached hydrogens (tertiary/aromatic N) is 3. The van der Waals surface area contributed by atoms with Gasteiger partial charge in [0.1, 0.15) is 10.0 Å². The van der Waals surface area contributed by atoms with Crippen molar-refractivity contribution < 1.29 is 4.79 Å². The molecule has 3 rings (SSSR count). The molecular weight excluding hydrogens is 306 g/mol. The maximum absolute atomic E-state index is 12.4. The molecule has 4 nitrogen and oxygen atoms in total. The molecule has 0 spiro atoms. The van der Waals surface area contributed by atoms with Crippen LogP contribution in [-0.4, -0.2) is 34.1 Å². The highest BCUT2D eigenvalue weighted by atomic mass is 32.1. The summed E-state index contributed by atoms with van der Waals surface area (Å²) in [6, 6.07) is 0. The van der Waals surface area contributed by atoms with Crippen molar-refractivity contribution in [2.24, 2.45) is 11.3 Å². The van der Waals surface area contributed by atoms with E-state index in [4.69, 9.17) is 0 Å². The molecule has 0 N–H and O–H groups in total. The highest BCUT2D eigenvalue weighted by Crippen LogP contribution is 2.34. The zero-order chi connectivity index (χ0) is 16.4. The Morgan fingerprint density at radius 1 is 1.13 bits per heavy atom.